The van der Waals surface area contributed by atoms with E-state index in [1.165, 1.54) is 0 Å². The van der Waals surface area contributed by atoms with Gasteiger partial charge in [0.25, 0.3) is 0 Å². The first-order valence-corrected chi connectivity index (χ1v) is 6.94. The molecule has 8 heteroatoms. The normalized spacial score (nSPS) is 20.6. The second-order valence-electron chi connectivity index (χ2n) is 4.26. The average Bonchev–Trinajstić information content (AvgIpc) is 2.82. The van der Waals surface area contributed by atoms with Gasteiger partial charge in [-0.15, -0.1) is 0 Å². The minimum Gasteiger partial charge on any atom is -0.481 e. The van der Waals surface area contributed by atoms with Gasteiger partial charge in [-0.25, -0.2) is 17.2 Å². The molecule has 1 saturated heterocycles. The molecule has 1 aromatic rings. The van der Waals surface area contributed by atoms with Crippen LogP contribution < -0.4 is 0 Å². The Morgan fingerprint density at radius 2 is 2.05 bits per heavy atom. The number of aliphatic carboxylic acids is 1. The van der Waals surface area contributed by atoms with Crippen LogP contribution in [0.2, 0.25) is 0 Å². The Kier molecular flexibility index (Phi) is 3.55. The van der Waals surface area contributed by atoms with E-state index in [1.54, 1.807) is 0 Å². The van der Waals surface area contributed by atoms with Crippen LogP contribution in [-0.4, -0.2) is 36.9 Å². The van der Waals surface area contributed by atoms with Crippen LogP contribution in [0.1, 0.15) is 6.42 Å². The molecule has 104 valence electrons. The fraction of sp³-hybridized carbons (Fsp3) is 0.364. The lowest BCUT2D eigenvalue weighted by atomic mass is 10.1. The van der Waals surface area contributed by atoms with Crippen molar-refractivity contribution in [1.82, 2.24) is 4.31 Å². The number of nitrogens with zero attached hydrogens (tertiary/aromatic N) is 1. The second kappa shape index (κ2) is 4.86. The Bertz CT molecular complexity index is 617. The van der Waals surface area contributed by atoms with Crippen molar-refractivity contribution in [3.8, 4) is 0 Å². The summed E-state index contributed by atoms with van der Waals surface area (Å²) in [7, 11) is -4.20. The van der Waals surface area contributed by atoms with Crippen LogP contribution >= 0.6 is 0 Å². The van der Waals surface area contributed by atoms with E-state index in [1.807, 2.05) is 0 Å². The van der Waals surface area contributed by atoms with Crippen molar-refractivity contribution < 1.29 is 27.1 Å². The zero-order chi connectivity index (χ0) is 14.2. The highest BCUT2D eigenvalue weighted by Crippen LogP contribution is 2.26. The average molecular weight is 291 g/mol. The minimum absolute atomic E-state index is 0.0186. The molecule has 1 atom stereocenters. The van der Waals surface area contributed by atoms with Gasteiger partial charge in [0, 0.05) is 13.1 Å². The summed E-state index contributed by atoms with van der Waals surface area (Å²) in [6, 6.07) is 2.14. The fourth-order valence-corrected chi connectivity index (χ4v) is 3.54. The van der Waals surface area contributed by atoms with Crippen LogP contribution in [-0.2, 0) is 14.8 Å². The number of carbonyl (C=O) groups is 1. The molecule has 19 heavy (non-hydrogen) atoms. The largest absolute Gasteiger partial charge is 0.481 e. The lowest BCUT2D eigenvalue weighted by molar-refractivity contribution is -0.141. The molecule has 1 aliphatic rings. The molecule has 1 aliphatic heterocycles. The summed E-state index contributed by atoms with van der Waals surface area (Å²) in [5.41, 5.74) is 0. The maximum atomic E-state index is 13.5. The van der Waals surface area contributed by atoms with E-state index in [9.17, 15) is 22.0 Å². The van der Waals surface area contributed by atoms with Gasteiger partial charge in [-0.3, -0.25) is 4.79 Å². The zero-order valence-corrected chi connectivity index (χ0v) is 10.5. The first kappa shape index (κ1) is 13.9. The molecule has 5 nitrogen and oxygen atoms in total. The fourth-order valence-electron chi connectivity index (χ4n) is 1.96. The van der Waals surface area contributed by atoms with Crippen LogP contribution in [0.25, 0.3) is 0 Å². The number of sulfonamides is 1. The number of hydrogen-bond acceptors (Lipinski definition) is 3. The Morgan fingerprint density at radius 3 is 2.63 bits per heavy atom. The SMILES string of the molecule is O=C(O)C1CCN(S(=O)(=O)c2cc(F)ccc2F)C1. The van der Waals surface area contributed by atoms with Crippen LogP contribution in [0.3, 0.4) is 0 Å². The van der Waals surface area contributed by atoms with Gasteiger partial charge in [-0.2, -0.15) is 4.31 Å². The van der Waals surface area contributed by atoms with E-state index in [2.05, 4.69) is 0 Å². The Balaban J connectivity index is 2.33. The second-order valence-corrected chi connectivity index (χ2v) is 6.17. The Morgan fingerprint density at radius 1 is 1.37 bits per heavy atom. The molecular weight excluding hydrogens is 280 g/mol. The van der Waals surface area contributed by atoms with Crippen molar-refractivity contribution in [3.05, 3.63) is 29.8 Å². The third-order valence-corrected chi connectivity index (χ3v) is 4.89. The maximum Gasteiger partial charge on any atom is 0.307 e. The van der Waals surface area contributed by atoms with Crippen LogP contribution in [0.15, 0.2) is 23.1 Å². The van der Waals surface area contributed by atoms with E-state index in [0.717, 1.165) is 16.4 Å². The molecule has 0 amide bonds. The standard InChI is InChI=1S/C11H11F2NO4S/c12-8-1-2-9(13)10(5-8)19(17,18)14-4-3-7(6-14)11(15)16/h1-2,5,7H,3-4,6H2,(H,15,16). The van der Waals surface area contributed by atoms with Gasteiger partial charge in [-0.1, -0.05) is 0 Å². The summed E-state index contributed by atoms with van der Waals surface area (Å²) >= 11 is 0. The summed E-state index contributed by atoms with van der Waals surface area (Å²) in [4.78, 5) is 10.0. The number of hydrogen-bond donors (Lipinski definition) is 1. The summed E-state index contributed by atoms with van der Waals surface area (Å²) in [5.74, 6) is -3.84. The molecule has 1 N–H and O–H groups in total. The molecular formula is C11H11F2NO4S. The van der Waals surface area contributed by atoms with Crippen LogP contribution in [0.5, 0.6) is 0 Å². The summed E-state index contributed by atoms with van der Waals surface area (Å²) < 4.78 is 51.6. The lowest BCUT2D eigenvalue weighted by Gasteiger charge is -2.16. The maximum absolute atomic E-state index is 13.5. The van der Waals surface area contributed by atoms with Crippen LogP contribution in [0, 0.1) is 17.6 Å². The predicted molar refractivity (Wildman–Crippen MR) is 60.9 cm³/mol. The smallest absolute Gasteiger partial charge is 0.307 e. The van der Waals surface area contributed by atoms with Crippen molar-refractivity contribution in [3.63, 3.8) is 0 Å². The highest BCUT2D eigenvalue weighted by molar-refractivity contribution is 7.89. The summed E-state index contributed by atoms with van der Waals surface area (Å²) in [6.45, 7) is -0.247. The Labute approximate surface area is 108 Å². The van der Waals surface area contributed by atoms with Gasteiger partial charge in [0.2, 0.25) is 10.0 Å². The molecule has 2 rings (SSSR count). The predicted octanol–water partition coefficient (Wildman–Crippen LogP) is 1.06. The first-order valence-electron chi connectivity index (χ1n) is 5.50. The van der Waals surface area contributed by atoms with Crippen molar-refractivity contribution in [2.75, 3.05) is 13.1 Å². The van der Waals surface area contributed by atoms with Crippen LogP contribution in [0.4, 0.5) is 8.78 Å². The minimum atomic E-state index is -4.20. The molecule has 0 bridgehead atoms. The zero-order valence-electron chi connectivity index (χ0n) is 9.71. The molecule has 0 aliphatic carbocycles. The monoisotopic (exact) mass is 291 g/mol. The molecule has 0 saturated carbocycles. The molecule has 1 aromatic carbocycles. The van der Waals surface area contributed by atoms with Crippen molar-refractivity contribution in [2.24, 2.45) is 5.92 Å². The summed E-state index contributed by atoms with van der Waals surface area (Å²) in [6.07, 6.45) is 0.158. The Hall–Kier alpha value is -1.54. The number of carboxylic acid groups (broad SMARTS) is 1. The van der Waals surface area contributed by atoms with Gasteiger partial charge in [0.1, 0.15) is 16.5 Å². The molecule has 1 unspecified atom stereocenters. The van der Waals surface area contributed by atoms with E-state index in [4.69, 9.17) is 5.11 Å². The van der Waals surface area contributed by atoms with Gasteiger partial charge in [0.15, 0.2) is 0 Å². The number of rotatable bonds is 3. The van der Waals surface area contributed by atoms with Gasteiger partial charge in [0.05, 0.1) is 5.92 Å². The van der Waals surface area contributed by atoms with Crippen molar-refractivity contribution in [1.29, 1.82) is 0 Å². The van der Waals surface area contributed by atoms with Crippen molar-refractivity contribution in [2.45, 2.75) is 11.3 Å². The quantitative estimate of drug-likeness (QED) is 0.903. The highest BCUT2D eigenvalue weighted by atomic mass is 32.2. The lowest BCUT2D eigenvalue weighted by Crippen LogP contribution is -2.30. The molecule has 1 heterocycles. The molecule has 1 fully saturated rings. The topological polar surface area (TPSA) is 74.7 Å². The van der Waals surface area contributed by atoms with E-state index >= 15 is 0 Å². The molecule has 0 radical (unpaired) electrons. The number of halogens is 2. The highest BCUT2D eigenvalue weighted by Gasteiger charge is 2.37. The third-order valence-electron chi connectivity index (χ3n) is 3.01. The molecule has 0 spiro atoms. The van der Waals surface area contributed by atoms with E-state index < -0.39 is 38.4 Å². The summed E-state index contributed by atoms with van der Waals surface area (Å²) in [5, 5.41) is 8.81. The number of carboxylic acids is 1. The molecule has 0 aromatic heterocycles. The van der Waals surface area contributed by atoms with Gasteiger partial charge < -0.3 is 5.11 Å². The number of benzene rings is 1. The van der Waals surface area contributed by atoms with Crippen molar-refractivity contribution >= 4 is 16.0 Å². The van der Waals surface area contributed by atoms with E-state index in [0.29, 0.717) is 6.07 Å². The third kappa shape index (κ3) is 2.59. The van der Waals surface area contributed by atoms with Gasteiger partial charge >= 0.3 is 5.97 Å². The van der Waals surface area contributed by atoms with E-state index in [-0.39, 0.29) is 19.5 Å². The first-order chi connectivity index (χ1) is 8.82. The van der Waals surface area contributed by atoms with Gasteiger partial charge in [-0.05, 0) is 24.6 Å².